The minimum Gasteiger partial charge on any atom is -0.465 e. The quantitative estimate of drug-likeness (QED) is 0.627. The Morgan fingerprint density at radius 3 is 1.93 bits per heavy atom. The van der Waals surface area contributed by atoms with Crippen molar-refractivity contribution in [1.29, 1.82) is 0 Å². The zero-order chi connectivity index (χ0) is 20.2. The molecule has 1 N–H and O–H groups in total. The topological polar surface area (TPSA) is 90.9 Å². The Balaban J connectivity index is 3.08. The summed E-state index contributed by atoms with van der Waals surface area (Å²) in [6.07, 6.45) is 2.19. The Kier molecular flexibility index (Phi) is 9.93. The van der Waals surface area contributed by atoms with E-state index in [9.17, 15) is 14.4 Å². The molecule has 1 rings (SSSR count). The van der Waals surface area contributed by atoms with E-state index in [1.165, 1.54) is 0 Å². The van der Waals surface area contributed by atoms with Crippen LogP contribution in [0.4, 0.5) is 4.79 Å². The molecule has 0 spiro atoms. The lowest BCUT2D eigenvalue weighted by Crippen LogP contribution is -2.33. The Hall–Kier alpha value is -2.57. The Labute approximate surface area is 160 Å². The van der Waals surface area contributed by atoms with E-state index in [2.05, 4.69) is 5.32 Å². The van der Waals surface area contributed by atoms with Gasteiger partial charge in [0.25, 0.3) is 0 Å². The third-order valence-corrected chi connectivity index (χ3v) is 3.67. The van der Waals surface area contributed by atoms with Crippen LogP contribution in [0.25, 0.3) is 0 Å². The molecule has 150 valence electrons. The maximum absolute atomic E-state index is 12.1. The van der Waals surface area contributed by atoms with Crippen molar-refractivity contribution in [3.63, 3.8) is 0 Å². The van der Waals surface area contributed by atoms with Crippen LogP contribution in [0.5, 0.6) is 5.75 Å². The van der Waals surface area contributed by atoms with Crippen molar-refractivity contribution in [2.75, 3.05) is 19.8 Å². The minimum atomic E-state index is -0.735. The molecule has 7 nitrogen and oxygen atoms in total. The van der Waals surface area contributed by atoms with E-state index in [0.717, 1.165) is 24.0 Å². The van der Waals surface area contributed by atoms with Gasteiger partial charge in [0.1, 0.15) is 12.3 Å². The number of amides is 1. The van der Waals surface area contributed by atoms with Crippen molar-refractivity contribution < 1.29 is 28.6 Å². The van der Waals surface area contributed by atoms with Crippen LogP contribution in [0, 0.1) is 0 Å². The molecular weight excluding hydrogens is 350 g/mol. The Morgan fingerprint density at radius 1 is 0.889 bits per heavy atom. The zero-order valence-electron chi connectivity index (χ0n) is 16.6. The van der Waals surface area contributed by atoms with Gasteiger partial charge in [0.2, 0.25) is 0 Å². The molecule has 0 aromatic heterocycles. The molecule has 0 aliphatic rings. The molecule has 1 aromatic rings. The molecule has 0 aliphatic heterocycles. The monoisotopic (exact) mass is 379 g/mol. The van der Waals surface area contributed by atoms with E-state index in [4.69, 9.17) is 14.2 Å². The van der Waals surface area contributed by atoms with E-state index >= 15 is 0 Å². The number of rotatable bonds is 10. The molecule has 0 saturated heterocycles. The molecular formula is C20H29NO6. The maximum Gasteiger partial charge on any atom is 0.413 e. The summed E-state index contributed by atoms with van der Waals surface area (Å²) in [7, 11) is 0. The van der Waals surface area contributed by atoms with Crippen molar-refractivity contribution >= 4 is 18.0 Å². The van der Waals surface area contributed by atoms with Gasteiger partial charge in [0, 0.05) is 0 Å². The fourth-order valence-electron chi connectivity index (χ4n) is 2.61. The van der Waals surface area contributed by atoms with Gasteiger partial charge in [-0.2, -0.15) is 0 Å². The number of aryl methyl sites for hydroxylation is 2. The Bertz CT molecular complexity index is 629. The van der Waals surface area contributed by atoms with Gasteiger partial charge in [-0.25, -0.2) is 9.59 Å². The van der Waals surface area contributed by atoms with Crippen LogP contribution in [-0.4, -0.2) is 37.8 Å². The molecule has 0 aliphatic carbocycles. The molecule has 27 heavy (non-hydrogen) atoms. The lowest BCUT2D eigenvalue weighted by Gasteiger charge is -2.16. The molecule has 0 fully saturated rings. The first-order valence-electron chi connectivity index (χ1n) is 9.40. The largest absolute Gasteiger partial charge is 0.465 e. The average molecular weight is 379 g/mol. The highest BCUT2D eigenvalue weighted by atomic mass is 16.6. The predicted octanol–water partition coefficient (Wildman–Crippen LogP) is 3.42. The number of carbonyl (C=O) groups is 3. The second-order valence-corrected chi connectivity index (χ2v) is 5.89. The third-order valence-electron chi connectivity index (χ3n) is 3.67. The van der Waals surface area contributed by atoms with E-state index in [0.29, 0.717) is 30.8 Å². The normalized spacial score (nSPS) is 10.2. The number of nitrogens with one attached hydrogen (secondary N) is 1. The van der Waals surface area contributed by atoms with Crippen molar-refractivity contribution in [1.82, 2.24) is 5.32 Å². The summed E-state index contributed by atoms with van der Waals surface area (Å²) < 4.78 is 15.4. The number of ether oxygens (including phenoxy) is 3. The van der Waals surface area contributed by atoms with Crippen LogP contribution in [-0.2, 0) is 27.1 Å². The van der Waals surface area contributed by atoms with E-state index in [-0.39, 0.29) is 13.2 Å². The van der Waals surface area contributed by atoms with Crippen molar-refractivity contribution in [2.24, 2.45) is 0 Å². The fourth-order valence-corrected chi connectivity index (χ4v) is 2.61. The van der Waals surface area contributed by atoms with Crippen molar-refractivity contribution in [2.45, 2.75) is 53.4 Å². The van der Waals surface area contributed by atoms with Gasteiger partial charge in [-0.05, 0) is 49.9 Å². The highest BCUT2D eigenvalue weighted by Gasteiger charge is 2.19. The maximum atomic E-state index is 12.1. The first-order chi connectivity index (χ1) is 13.0. The smallest absolute Gasteiger partial charge is 0.413 e. The fraction of sp³-hybridized carbons (Fsp3) is 0.550. The van der Waals surface area contributed by atoms with E-state index < -0.39 is 18.0 Å². The number of hydrogen-bond donors (Lipinski definition) is 1. The third kappa shape index (κ3) is 7.29. The highest BCUT2D eigenvalue weighted by molar-refractivity contribution is 5.90. The van der Waals surface area contributed by atoms with Gasteiger partial charge in [-0.3, -0.25) is 4.79 Å². The standard InChI is InChI=1S/C20H29NO6/c1-5-9-14-11-16(19(23)26-8-4)12-15(10-6-2)18(14)27-20(24)21-13-17(22)25-7-3/h11-12H,5-10,13H2,1-4H3,(H,21,24). The summed E-state index contributed by atoms with van der Waals surface area (Å²) in [6, 6.07) is 3.41. The van der Waals surface area contributed by atoms with Crippen LogP contribution in [0.2, 0.25) is 0 Å². The van der Waals surface area contributed by atoms with Gasteiger partial charge in [-0.1, -0.05) is 26.7 Å². The average Bonchev–Trinajstić information content (AvgIpc) is 2.63. The molecule has 1 amide bonds. The minimum absolute atomic E-state index is 0.242. The molecule has 0 atom stereocenters. The number of carbonyl (C=O) groups excluding carboxylic acids is 3. The summed E-state index contributed by atoms with van der Waals surface area (Å²) in [4.78, 5) is 35.6. The van der Waals surface area contributed by atoms with Gasteiger partial charge < -0.3 is 19.5 Å². The summed E-state index contributed by atoms with van der Waals surface area (Å²) in [5.41, 5.74) is 1.97. The number of benzene rings is 1. The van der Waals surface area contributed by atoms with Crippen molar-refractivity contribution in [3.05, 3.63) is 28.8 Å². The molecule has 7 heteroatoms. The van der Waals surface area contributed by atoms with Gasteiger partial charge in [0.15, 0.2) is 0 Å². The van der Waals surface area contributed by atoms with Crippen LogP contribution in [0.15, 0.2) is 12.1 Å². The van der Waals surface area contributed by atoms with Gasteiger partial charge in [0.05, 0.1) is 18.8 Å². The zero-order valence-corrected chi connectivity index (χ0v) is 16.6. The first-order valence-corrected chi connectivity index (χ1v) is 9.40. The molecule has 0 saturated carbocycles. The molecule has 0 radical (unpaired) electrons. The highest BCUT2D eigenvalue weighted by Crippen LogP contribution is 2.29. The summed E-state index contributed by atoms with van der Waals surface area (Å²) in [5, 5.41) is 2.38. The molecule has 0 heterocycles. The number of esters is 2. The summed E-state index contributed by atoms with van der Waals surface area (Å²) >= 11 is 0. The molecule has 0 unspecified atom stereocenters. The van der Waals surface area contributed by atoms with Crippen LogP contribution in [0.1, 0.15) is 62.0 Å². The van der Waals surface area contributed by atoms with Gasteiger partial charge in [-0.15, -0.1) is 0 Å². The summed E-state index contributed by atoms with van der Waals surface area (Å²) in [5.74, 6) is -0.492. The van der Waals surface area contributed by atoms with Crippen LogP contribution < -0.4 is 10.1 Å². The second-order valence-electron chi connectivity index (χ2n) is 5.89. The SMILES string of the molecule is CCCc1cc(C(=O)OCC)cc(CCC)c1OC(=O)NCC(=O)OCC. The first kappa shape index (κ1) is 22.5. The van der Waals surface area contributed by atoms with E-state index in [1.54, 1.807) is 26.0 Å². The van der Waals surface area contributed by atoms with Crippen LogP contribution >= 0.6 is 0 Å². The van der Waals surface area contributed by atoms with Gasteiger partial charge >= 0.3 is 18.0 Å². The predicted molar refractivity (Wildman–Crippen MR) is 101 cm³/mol. The molecule has 1 aromatic carbocycles. The van der Waals surface area contributed by atoms with E-state index in [1.807, 2.05) is 13.8 Å². The number of hydrogen-bond acceptors (Lipinski definition) is 6. The Morgan fingerprint density at radius 2 is 1.44 bits per heavy atom. The van der Waals surface area contributed by atoms with Crippen LogP contribution in [0.3, 0.4) is 0 Å². The molecule has 0 bridgehead atoms. The lowest BCUT2D eigenvalue weighted by molar-refractivity contribution is -0.141. The lowest BCUT2D eigenvalue weighted by atomic mass is 9.98. The summed E-state index contributed by atoms with van der Waals surface area (Å²) in [6.45, 7) is 7.71. The van der Waals surface area contributed by atoms with Crippen molar-refractivity contribution in [3.8, 4) is 5.75 Å². The second kappa shape index (κ2) is 11.9.